The zero-order chi connectivity index (χ0) is 21.0. The van der Waals surface area contributed by atoms with Crippen LogP contribution in [0.4, 0.5) is 0 Å². The monoisotopic (exact) mass is 426 g/mol. The van der Waals surface area contributed by atoms with E-state index >= 15 is 0 Å². The van der Waals surface area contributed by atoms with E-state index in [2.05, 4.69) is 6.07 Å². The summed E-state index contributed by atoms with van der Waals surface area (Å²) in [5, 5.41) is 1.23. The summed E-state index contributed by atoms with van der Waals surface area (Å²) in [6, 6.07) is 15.3. The number of nitrogens with zero attached hydrogens (tertiary/aromatic N) is 2. The number of ether oxygens (including phenoxy) is 1. The molecule has 30 heavy (non-hydrogen) atoms. The Kier molecular flexibility index (Phi) is 6.20. The van der Waals surface area contributed by atoms with Gasteiger partial charge in [0.1, 0.15) is 5.75 Å². The molecule has 0 unspecified atom stereocenters. The van der Waals surface area contributed by atoms with Crippen LogP contribution < -0.4 is 4.74 Å². The average molecular weight is 427 g/mol. The minimum atomic E-state index is -3.51. The number of carbonyl (C=O) groups excluding carboxylic acids is 1. The number of carbonyl (C=O) groups is 1. The molecule has 6 nitrogen and oxygen atoms in total. The maximum Gasteiger partial charge on any atom is 0.260 e. The van der Waals surface area contributed by atoms with Gasteiger partial charge in [0.05, 0.1) is 0 Å². The lowest BCUT2D eigenvalue weighted by Crippen LogP contribution is -2.51. The number of amides is 1. The third-order valence-corrected chi connectivity index (χ3v) is 7.18. The van der Waals surface area contributed by atoms with E-state index in [4.69, 9.17) is 4.74 Å². The number of rotatable bonds is 6. The topological polar surface area (TPSA) is 66.9 Å². The average Bonchev–Trinajstić information content (AvgIpc) is 3.25. The summed E-state index contributed by atoms with van der Waals surface area (Å²) in [5.41, 5.74) is 3.51. The van der Waals surface area contributed by atoms with Crippen molar-refractivity contribution >= 4 is 22.0 Å². The van der Waals surface area contributed by atoms with E-state index in [0.29, 0.717) is 13.1 Å². The molecule has 1 heterocycles. The van der Waals surface area contributed by atoms with Crippen LogP contribution >= 0.6 is 0 Å². The third-order valence-electron chi connectivity index (χ3n) is 5.62. The number of sulfonamides is 1. The predicted octanol–water partition coefficient (Wildman–Crippen LogP) is 2.70. The Morgan fingerprint density at radius 3 is 2.47 bits per heavy atom. The molecule has 2 aromatic rings. The van der Waals surface area contributed by atoms with Crippen molar-refractivity contribution in [2.75, 3.05) is 32.8 Å². The molecule has 0 bridgehead atoms. The first kappa shape index (κ1) is 20.6. The van der Waals surface area contributed by atoms with Crippen LogP contribution in [0.15, 0.2) is 53.9 Å². The highest BCUT2D eigenvalue weighted by Crippen LogP contribution is 2.26. The number of piperazine rings is 1. The number of fused-ring (bicyclic) bond motifs is 1. The lowest BCUT2D eigenvalue weighted by atomic mass is 10.1. The van der Waals surface area contributed by atoms with E-state index in [1.165, 1.54) is 27.3 Å². The Hall–Kier alpha value is -2.64. The van der Waals surface area contributed by atoms with E-state index in [9.17, 15) is 13.2 Å². The SMILES string of the molecule is O=C(COc1ccc2c(c1)CCC2)N1CCN(S(=O)(=O)/C=C/c2ccccc2)CC1. The first-order valence-corrected chi connectivity index (χ1v) is 11.8. The molecule has 0 radical (unpaired) electrons. The molecule has 1 aliphatic carbocycles. The van der Waals surface area contributed by atoms with E-state index in [0.717, 1.165) is 24.2 Å². The summed E-state index contributed by atoms with van der Waals surface area (Å²) in [6.45, 7) is 1.27. The molecule has 7 heteroatoms. The minimum absolute atomic E-state index is 0.0283. The second-order valence-electron chi connectivity index (χ2n) is 7.61. The molecule has 4 rings (SSSR count). The highest BCUT2D eigenvalue weighted by atomic mass is 32.2. The van der Waals surface area contributed by atoms with Gasteiger partial charge in [0.15, 0.2) is 6.61 Å². The molecule has 1 aliphatic heterocycles. The van der Waals surface area contributed by atoms with E-state index < -0.39 is 10.0 Å². The van der Waals surface area contributed by atoms with Crippen LogP contribution in [0.1, 0.15) is 23.1 Å². The van der Waals surface area contributed by atoms with Crippen molar-refractivity contribution in [3.05, 3.63) is 70.6 Å². The van der Waals surface area contributed by atoms with Gasteiger partial charge in [-0.3, -0.25) is 4.79 Å². The largest absolute Gasteiger partial charge is 0.484 e. The number of benzene rings is 2. The fourth-order valence-electron chi connectivity index (χ4n) is 3.88. The van der Waals surface area contributed by atoms with Gasteiger partial charge < -0.3 is 9.64 Å². The Morgan fingerprint density at radius 2 is 1.70 bits per heavy atom. The van der Waals surface area contributed by atoms with Crippen LogP contribution in [0.5, 0.6) is 5.75 Å². The van der Waals surface area contributed by atoms with Crippen LogP contribution in [0.3, 0.4) is 0 Å². The number of hydrogen-bond acceptors (Lipinski definition) is 4. The van der Waals surface area contributed by atoms with Crippen molar-refractivity contribution < 1.29 is 17.9 Å². The molecular weight excluding hydrogens is 400 g/mol. The lowest BCUT2D eigenvalue weighted by molar-refractivity contribution is -0.134. The maximum absolute atomic E-state index is 12.6. The first-order chi connectivity index (χ1) is 14.5. The standard InChI is InChI=1S/C23H26N2O4S/c26-23(18-29-22-10-9-20-7-4-8-21(20)17-22)24-12-14-25(15-13-24)30(27,28)16-11-19-5-2-1-3-6-19/h1-3,5-6,9-11,16-17H,4,7-8,12-15,18H2/b16-11+. The van der Waals surface area contributed by atoms with Gasteiger partial charge in [-0.05, 0) is 54.2 Å². The van der Waals surface area contributed by atoms with Crippen LogP contribution in [-0.4, -0.2) is 56.3 Å². The summed E-state index contributed by atoms with van der Waals surface area (Å²) in [4.78, 5) is 14.2. The summed E-state index contributed by atoms with van der Waals surface area (Å²) < 4.78 is 32.2. The zero-order valence-corrected chi connectivity index (χ0v) is 17.7. The zero-order valence-electron chi connectivity index (χ0n) is 16.9. The highest BCUT2D eigenvalue weighted by molar-refractivity contribution is 7.92. The van der Waals surface area contributed by atoms with Crippen molar-refractivity contribution in [3.8, 4) is 5.75 Å². The smallest absolute Gasteiger partial charge is 0.260 e. The van der Waals surface area contributed by atoms with Gasteiger partial charge in [0.2, 0.25) is 10.0 Å². The Bertz CT molecular complexity index is 1030. The normalized spacial score (nSPS) is 17.3. The molecule has 158 valence electrons. The molecule has 2 aromatic carbocycles. The number of hydrogen-bond donors (Lipinski definition) is 0. The Morgan fingerprint density at radius 1 is 0.967 bits per heavy atom. The van der Waals surface area contributed by atoms with Gasteiger partial charge in [-0.1, -0.05) is 36.4 Å². The van der Waals surface area contributed by atoms with Crippen molar-refractivity contribution in [1.29, 1.82) is 0 Å². The summed E-state index contributed by atoms with van der Waals surface area (Å²) in [7, 11) is -3.51. The van der Waals surface area contributed by atoms with Gasteiger partial charge in [-0.15, -0.1) is 0 Å². The van der Waals surface area contributed by atoms with Crippen LogP contribution in [0, 0.1) is 0 Å². The van der Waals surface area contributed by atoms with Gasteiger partial charge in [-0.25, -0.2) is 8.42 Å². The fourth-order valence-corrected chi connectivity index (χ4v) is 5.05. The molecule has 0 N–H and O–H groups in total. The Balaban J connectivity index is 1.27. The van der Waals surface area contributed by atoms with Crippen molar-refractivity contribution in [2.45, 2.75) is 19.3 Å². The fraction of sp³-hybridized carbons (Fsp3) is 0.348. The van der Waals surface area contributed by atoms with Crippen LogP contribution in [0.2, 0.25) is 0 Å². The summed E-state index contributed by atoms with van der Waals surface area (Å²) >= 11 is 0. The number of aryl methyl sites for hydroxylation is 2. The second kappa shape index (κ2) is 9.02. The predicted molar refractivity (Wildman–Crippen MR) is 117 cm³/mol. The van der Waals surface area contributed by atoms with Gasteiger partial charge in [-0.2, -0.15) is 4.31 Å². The summed E-state index contributed by atoms with van der Waals surface area (Å²) in [5.74, 6) is 0.601. The molecule has 0 atom stereocenters. The van der Waals surface area contributed by atoms with E-state index in [1.807, 2.05) is 42.5 Å². The first-order valence-electron chi connectivity index (χ1n) is 10.3. The van der Waals surface area contributed by atoms with Crippen molar-refractivity contribution in [3.63, 3.8) is 0 Å². The highest BCUT2D eigenvalue weighted by Gasteiger charge is 2.27. The molecule has 0 aromatic heterocycles. The molecular formula is C23H26N2O4S. The second-order valence-corrected chi connectivity index (χ2v) is 9.43. The summed E-state index contributed by atoms with van der Waals surface area (Å²) in [6.07, 6.45) is 4.95. The molecule has 1 saturated heterocycles. The molecule has 2 aliphatic rings. The van der Waals surface area contributed by atoms with E-state index in [1.54, 1.807) is 11.0 Å². The van der Waals surface area contributed by atoms with Gasteiger partial charge in [0.25, 0.3) is 5.91 Å². The maximum atomic E-state index is 12.6. The molecule has 1 fully saturated rings. The van der Waals surface area contributed by atoms with Crippen molar-refractivity contribution in [2.24, 2.45) is 0 Å². The Labute approximate surface area is 177 Å². The van der Waals surface area contributed by atoms with Crippen LogP contribution in [0.25, 0.3) is 6.08 Å². The minimum Gasteiger partial charge on any atom is -0.484 e. The molecule has 0 spiro atoms. The lowest BCUT2D eigenvalue weighted by Gasteiger charge is -2.33. The van der Waals surface area contributed by atoms with Crippen molar-refractivity contribution in [1.82, 2.24) is 9.21 Å². The molecule has 0 saturated carbocycles. The van der Waals surface area contributed by atoms with Crippen LogP contribution in [-0.2, 0) is 27.7 Å². The quantitative estimate of drug-likeness (QED) is 0.712. The third kappa shape index (κ3) is 4.91. The van der Waals surface area contributed by atoms with Gasteiger partial charge in [0, 0.05) is 31.6 Å². The van der Waals surface area contributed by atoms with Gasteiger partial charge >= 0.3 is 0 Å². The molecule has 1 amide bonds. The van der Waals surface area contributed by atoms with E-state index in [-0.39, 0.29) is 25.6 Å².